The van der Waals surface area contributed by atoms with E-state index in [1.165, 1.54) is 18.9 Å². The lowest BCUT2D eigenvalue weighted by atomic mass is 9.95. The summed E-state index contributed by atoms with van der Waals surface area (Å²) in [6.45, 7) is 1.82. The Bertz CT molecular complexity index is 793. The van der Waals surface area contributed by atoms with Gasteiger partial charge in [0.05, 0.1) is 31.9 Å². The Balaban J connectivity index is 1.37. The van der Waals surface area contributed by atoms with Crippen molar-refractivity contribution in [1.82, 2.24) is 4.98 Å². The highest BCUT2D eigenvalue weighted by atomic mass is 19.1. The summed E-state index contributed by atoms with van der Waals surface area (Å²) in [5, 5.41) is 0. The first kappa shape index (κ1) is 15.3. The number of aryl methyl sites for hydroxylation is 1. The van der Waals surface area contributed by atoms with E-state index in [1.807, 2.05) is 0 Å². The molecule has 0 amide bonds. The van der Waals surface area contributed by atoms with Gasteiger partial charge in [-0.3, -0.25) is 0 Å². The highest BCUT2D eigenvalue weighted by Gasteiger charge is 2.42. The molecule has 5 rings (SSSR count). The van der Waals surface area contributed by atoms with Gasteiger partial charge in [-0.15, -0.1) is 0 Å². The quantitative estimate of drug-likeness (QED) is 0.849. The van der Waals surface area contributed by atoms with Crippen LogP contribution in [0.3, 0.4) is 0 Å². The van der Waals surface area contributed by atoms with E-state index in [1.54, 1.807) is 12.1 Å². The molecule has 2 aromatic rings. The summed E-state index contributed by atoms with van der Waals surface area (Å²) in [6.07, 6.45) is 4.42. The minimum atomic E-state index is -0.560. The molecule has 25 heavy (non-hydrogen) atoms. The zero-order chi connectivity index (χ0) is 16.9. The van der Waals surface area contributed by atoms with Crippen molar-refractivity contribution in [1.29, 1.82) is 0 Å². The molecule has 2 fully saturated rings. The Morgan fingerprint density at radius 3 is 2.84 bits per heavy atom. The normalized spacial score (nSPS) is 21.5. The van der Waals surface area contributed by atoms with Gasteiger partial charge < -0.3 is 18.6 Å². The lowest BCUT2D eigenvalue weighted by molar-refractivity contribution is -0.166. The van der Waals surface area contributed by atoms with Crippen LogP contribution in [0.1, 0.15) is 30.7 Å². The van der Waals surface area contributed by atoms with Crippen molar-refractivity contribution < 1.29 is 23.0 Å². The van der Waals surface area contributed by atoms with E-state index < -0.39 is 5.79 Å². The maximum absolute atomic E-state index is 14.3. The third kappa shape index (κ3) is 2.93. The van der Waals surface area contributed by atoms with Crippen LogP contribution in [0.15, 0.2) is 22.6 Å². The zero-order valence-electron chi connectivity index (χ0n) is 13.9. The standard InChI is InChI=1S/C19H20FNO4/c20-14-9-13(3-4-16(14)22-11-12-1-2-12)18-21-15-5-6-19(10-17(15)25-18)23-7-8-24-19/h3-4,9,12H,1-2,5-8,10-11H2. The topological polar surface area (TPSA) is 53.7 Å². The van der Waals surface area contributed by atoms with E-state index in [9.17, 15) is 4.39 Å². The van der Waals surface area contributed by atoms with Gasteiger partial charge in [-0.1, -0.05) is 0 Å². The summed E-state index contributed by atoms with van der Waals surface area (Å²) < 4.78 is 37.2. The van der Waals surface area contributed by atoms with E-state index in [0.717, 1.165) is 24.3 Å². The second-order valence-electron chi connectivity index (χ2n) is 7.07. The zero-order valence-corrected chi connectivity index (χ0v) is 13.9. The summed E-state index contributed by atoms with van der Waals surface area (Å²) in [6, 6.07) is 4.87. The van der Waals surface area contributed by atoms with Crippen LogP contribution in [0.5, 0.6) is 5.75 Å². The van der Waals surface area contributed by atoms with Crippen molar-refractivity contribution in [2.24, 2.45) is 5.92 Å². The molecule has 0 N–H and O–H groups in total. The molecular formula is C19H20FNO4. The third-order valence-corrected chi connectivity index (χ3v) is 5.11. The first-order valence-electron chi connectivity index (χ1n) is 8.90. The van der Waals surface area contributed by atoms with Gasteiger partial charge in [-0.2, -0.15) is 0 Å². The van der Waals surface area contributed by atoms with Crippen LogP contribution in [0.2, 0.25) is 0 Å². The number of ether oxygens (including phenoxy) is 3. The molecule has 0 bridgehead atoms. The number of aromatic nitrogens is 1. The summed E-state index contributed by atoms with van der Waals surface area (Å²) >= 11 is 0. The fourth-order valence-corrected chi connectivity index (χ4v) is 3.47. The SMILES string of the molecule is Fc1cc(-c2nc3c(o2)CC2(CC3)OCCO2)ccc1OCC1CC1. The molecule has 2 heterocycles. The lowest BCUT2D eigenvalue weighted by Gasteiger charge is -2.29. The van der Waals surface area contributed by atoms with Crippen molar-refractivity contribution in [3.8, 4) is 17.2 Å². The van der Waals surface area contributed by atoms with E-state index in [0.29, 0.717) is 49.4 Å². The predicted octanol–water partition coefficient (Wildman–Crippen LogP) is 3.50. The maximum atomic E-state index is 14.3. The van der Waals surface area contributed by atoms with Crippen molar-refractivity contribution in [3.05, 3.63) is 35.5 Å². The van der Waals surface area contributed by atoms with Gasteiger partial charge in [-0.05, 0) is 43.4 Å². The third-order valence-electron chi connectivity index (χ3n) is 5.11. The number of hydrogen-bond acceptors (Lipinski definition) is 5. The summed E-state index contributed by atoms with van der Waals surface area (Å²) in [5.41, 5.74) is 1.53. The molecule has 1 aromatic carbocycles. The fourth-order valence-electron chi connectivity index (χ4n) is 3.47. The molecule has 1 spiro atoms. The fraction of sp³-hybridized carbons (Fsp3) is 0.526. The van der Waals surface area contributed by atoms with Crippen LogP contribution < -0.4 is 4.74 Å². The van der Waals surface area contributed by atoms with E-state index in [4.69, 9.17) is 18.6 Å². The average molecular weight is 345 g/mol. The number of benzene rings is 1. The molecule has 1 aliphatic heterocycles. The van der Waals surface area contributed by atoms with Crippen LogP contribution in [-0.2, 0) is 22.3 Å². The monoisotopic (exact) mass is 345 g/mol. The van der Waals surface area contributed by atoms with E-state index in [-0.39, 0.29) is 5.82 Å². The Morgan fingerprint density at radius 2 is 2.08 bits per heavy atom. The number of fused-ring (bicyclic) bond motifs is 1. The minimum absolute atomic E-state index is 0.290. The molecule has 1 saturated heterocycles. The average Bonchev–Trinajstić information content (AvgIpc) is 3.18. The van der Waals surface area contributed by atoms with Crippen LogP contribution >= 0.6 is 0 Å². The summed E-state index contributed by atoms with van der Waals surface area (Å²) in [7, 11) is 0. The molecule has 2 aliphatic carbocycles. The Morgan fingerprint density at radius 1 is 1.24 bits per heavy atom. The molecule has 6 heteroatoms. The number of oxazole rings is 1. The van der Waals surface area contributed by atoms with Crippen molar-refractivity contribution in [2.45, 2.75) is 37.9 Å². The van der Waals surface area contributed by atoms with Crippen LogP contribution in [-0.4, -0.2) is 30.6 Å². The number of halogens is 1. The second-order valence-corrected chi connectivity index (χ2v) is 7.07. The molecule has 0 radical (unpaired) electrons. The Hall–Kier alpha value is -1.92. The van der Waals surface area contributed by atoms with Gasteiger partial charge in [0.15, 0.2) is 17.4 Å². The molecule has 1 saturated carbocycles. The van der Waals surface area contributed by atoms with Gasteiger partial charge in [0.25, 0.3) is 0 Å². The first-order chi connectivity index (χ1) is 12.2. The largest absolute Gasteiger partial charge is 0.490 e. The highest BCUT2D eigenvalue weighted by molar-refractivity contribution is 5.56. The molecule has 3 aliphatic rings. The summed E-state index contributed by atoms with van der Waals surface area (Å²) in [5.74, 6) is 1.15. The number of rotatable bonds is 4. The van der Waals surface area contributed by atoms with Crippen LogP contribution in [0, 0.1) is 11.7 Å². The Labute approximate surface area is 145 Å². The summed E-state index contributed by atoms with van der Waals surface area (Å²) in [4.78, 5) is 4.55. The first-order valence-corrected chi connectivity index (χ1v) is 8.90. The van der Waals surface area contributed by atoms with Crippen LogP contribution in [0.25, 0.3) is 11.5 Å². The van der Waals surface area contributed by atoms with Crippen LogP contribution in [0.4, 0.5) is 4.39 Å². The minimum Gasteiger partial charge on any atom is -0.490 e. The molecule has 1 aromatic heterocycles. The second kappa shape index (κ2) is 5.81. The Kier molecular flexibility index (Phi) is 3.57. The molecule has 0 atom stereocenters. The van der Waals surface area contributed by atoms with Gasteiger partial charge in [0.1, 0.15) is 5.76 Å². The molecule has 0 unspecified atom stereocenters. The lowest BCUT2D eigenvalue weighted by Crippen LogP contribution is -2.36. The van der Waals surface area contributed by atoms with Crippen molar-refractivity contribution >= 4 is 0 Å². The maximum Gasteiger partial charge on any atom is 0.226 e. The number of hydrogen-bond donors (Lipinski definition) is 0. The number of nitrogens with zero attached hydrogens (tertiary/aromatic N) is 1. The highest BCUT2D eigenvalue weighted by Crippen LogP contribution is 2.37. The van der Waals surface area contributed by atoms with E-state index >= 15 is 0 Å². The van der Waals surface area contributed by atoms with Gasteiger partial charge in [-0.25, -0.2) is 9.37 Å². The predicted molar refractivity (Wildman–Crippen MR) is 86.8 cm³/mol. The van der Waals surface area contributed by atoms with Gasteiger partial charge in [0.2, 0.25) is 5.89 Å². The van der Waals surface area contributed by atoms with Crippen molar-refractivity contribution in [3.63, 3.8) is 0 Å². The van der Waals surface area contributed by atoms with Crippen molar-refractivity contribution in [2.75, 3.05) is 19.8 Å². The van der Waals surface area contributed by atoms with E-state index in [2.05, 4.69) is 4.98 Å². The molecular weight excluding hydrogens is 325 g/mol. The van der Waals surface area contributed by atoms with Gasteiger partial charge in [0, 0.05) is 12.0 Å². The van der Waals surface area contributed by atoms with Gasteiger partial charge >= 0.3 is 0 Å². The smallest absolute Gasteiger partial charge is 0.226 e. The molecule has 5 nitrogen and oxygen atoms in total. The molecule has 132 valence electrons.